The van der Waals surface area contributed by atoms with Gasteiger partial charge in [-0.05, 0) is 43.5 Å². The van der Waals surface area contributed by atoms with E-state index in [0.29, 0.717) is 0 Å². The average molecular weight is 334 g/mol. The van der Waals surface area contributed by atoms with Gasteiger partial charge in [-0.2, -0.15) is 0 Å². The van der Waals surface area contributed by atoms with Gasteiger partial charge in [0, 0.05) is 12.1 Å². The number of nitro benzene ring substituents is 1. The zero-order valence-corrected chi connectivity index (χ0v) is 13.9. The molecule has 2 aromatic carbocycles. The van der Waals surface area contributed by atoms with Crippen molar-refractivity contribution >= 4 is 15.7 Å². The fourth-order valence-electron chi connectivity index (χ4n) is 2.23. The largest absolute Gasteiger partial charge is 0.289 e. The van der Waals surface area contributed by atoms with E-state index < -0.39 is 26.7 Å². The molecule has 0 amide bonds. The van der Waals surface area contributed by atoms with Gasteiger partial charge in [0.2, 0.25) is 10.0 Å². The molecule has 0 heterocycles. The van der Waals surface area contributed by atoms with Crippen LogP contribution < -0.4 is 4.72 Å². The molecule has 0 fully saturated rings. The van der Waals surface area contributed by atoms with Crippen molar-refractivity contribution in [3.63, 3.8) is 0 Å². The molecule has 0 aliphatic heterocycles. The Balaban J connectivity index is 2.34. The summed E-state index contributed by atoms with van der Waals surface area (Å²) in [4.78, 5) is 9.99. The van der Waals surface area contributed by atoms with Crippen molar-refractivity contribution in [3.8, 4) is 0 Å². The Labute approximate surface area is 135 Å². The number of aryl methyl sites for hydroxylation is 2. The molecule has 6 nitrogen and oxygen atoms in total. The summed E-state index contributed by atoms with van der Waals surface area (Å²) >= 11 is 0. The highest BCUT2D eigenvalue weighted by molar-refractivity contribution is 7.89. The second-order valence-electron chi connectivity index (χ2n) is 5.41. The molecule has 1 atom stereocenters. The summed E-state index contributed by atoms with van der Waals surface area (Å²) in [6.45, 7) is 5.62. The Kier molecular flexibility index (Phi) is 4.82. The molecule has 1 N–H and O–H groups in total. The van der Waals surface area contributed by atoms with Crippen LogP contribution in [-0.2, 0) is 10.0 Å². The van der Waals surface area contributed by atoms with Crippen molar-refractivity contribution in [1.82, 2.24) is 4.72 Å². The highest BCUT2D eigenvalue weighted by atomic mass is 32.2. The zero-order valence-electron chi connectivity index (χ0n) is 13.1. The highest BCUT2D eigenvalue weighted by Crippen LogP contribution is 2.25. The number of para-hydroxylation sites is 1. The first-order chi connectivity index (χ1) is 10.7. The molecule has 1 unspecified atom stereocenters. The second kappa shape index (κ2) is 6.47. The van der Waals surface area contributed by atoms with E-state index in [2.05, 4.69) is 4.72 Å². The third-order valence-corrected chi connectivity index (χ3v) is 5.30. The topological polar surface area (TPSA) is 89.3 Å². The minimum atomic E-state index is -4.00. The van der Waals surface area contributed by atoms with Gasteiger partial charge >= 0.3 is 0 Å². The Morgan fingerprint density at radius 2 is 1.74 bits per heavy atom. The van der Waals surface area contributed by atoms with Crippen LogP contribution in [0.4, 0.5) is 5.69 Å². The summed E-state index contributed by atoms with van der Waals surface area (Å²) in [7, 11) is -4.00. The summed E-state index contributed by atoms with van der Waals surface area (Å²) in [5, 5.41) is 11.0. The Morgan fingerprint density at radius 3 is 2.35 bits per heavy atom. The molecule has 23 heavy (non-hydrogen) atoms. The first kappa shape index (κ1) is 17.1. The van der Waals surface area contributed by atoms with Gasteiger partial charge in [0.05, 0.1) is 4.92 Å². The monoisotopic (exact) mass is 334 g/mol. The Hall–Kier alpha value is -2.25. The molecule has 2 rings (SSSR count). The summed E-state index contributed by atoms with van der Waals surface area (Å²) in [6, 6.07) is 10.5. The van der Waals surface area contributed by atoms with Gasteiger partial charge in [0.15, 0.2) is 4.90 Å². The van der Waals surface area contributed by atoms with Crippen LogP contribution >= 0.6 is 0 Å². The number of nitrogens with zero attached hydrogens (tertiary/aromatic N) is 1. The molecular weight excluding hydrogens is 316 g/mol. The lowest BCUT2D eigenvalue weighted by Crippen LogP contribution is -2.27. The van der Waals surface area contributed by atoms with E-state index in [1.165, 1.54) is 24.3 Å². The predicted octanol–water partition coefficient (Wildman–Crippen LogP) is 3.25. The van der Waals surface area contributed by atoms with Gasteiger partial charge in [-0.15, -0.1) is 0 Å². The lowest BCUT2D eigenvalue weighted by molar-refractivity contribution is -0.387. The molecule has 2 aromatic rings. The minimum Gasteiger partial charge on any atom is -0.258 e. The molecule has 7 heteroatoms. The van der Waals surface area contributed by atoms with Crippen LogP contribution in [0.25, 0.3) is 0 Å². The number of hydrogen-bond donors (Lipinski definition) is 1. The van der Waals surface area contributed by atoms with Gasteiger partial charge in [0.1, 0.15) is 0 Å². The van der Waals surface area contributed by atoms with Gasteiger partial charge in [-0.25, -0.2) is 13.1 Å². The molecule has 0 bridgehead atoms. The first-order valence-corrected chi connectivity index (χ1v) is 8.53. The molecule has 0 aromatic heterocycles. The van der Waals surface area contributed by atoms with Crippen molar-refractivity contribution in [2.24, 2.45) is 0 Å². The van der Waals surface area contributed by atoms with E-state index in [-0.39, 0.29) is 4.90 Å². The average Bonchev–Trinajstić information content (AvgIpc) is 2.49. The third kappa shape index (κ3) is 3.75. The number of benzene rings is 2. The first-order valence-electron chi connectivity index (χ1n) is 7.05. The number of rotatable bonds is 5. The maximum absolute atomic E-state index is 12.5. The van der Waals surface area contributed by atoms with Crippen molar-refractivity contribution < 1.29 is 13.3 Å². The maximum atomic E-state index is 12.5. The normalized spacial score (nSPS) is 12.8. The van der Waals surface area contributed by atoms with E-state index in [9.17, 15) is 18.5 Å². The predicted molar refractivity (Wildman–Crippen MR) is 87.7 cm³/mol. The van der Waals surface area contributed by atoms with E-state index in [0.717, 1.165) is 16.7 Å². The van der Waals surface area contributed by atoms with Crippen molar-refractivity contribution in [1.29, 1.82) is 0 Å². The number of hydrogen-bond acceptors (Lipinski definition) is 4. The van der Waals surface area contributed by atoms with Crippen LogP contribution in [0.15, 0.2) is 47.4 Å². The standard InChI is InChI=1S/C16H18N2O4S/c1-11-8-9-14(10-12(11)2)13(3)17-23(21,22)16-7-5-4-6-15(16)18(19)20/h4-10,13,17H,1-3H3. The summed E-state index contributed by atoms with van der Waals surface area (Å²) in [6.07, 6.45) is 0. The van der Waals surface area contributed by atoms with Gasteiger partial charge in [-0.1, -0.05) is 30.3 Å². The molecule has 0 spiro atoms. The molecule has 0 aliphatic carbocycles. The van der Waals surface area contributed by atoms with Crippen LogP contribution in [0.5, 0.6) is 0 Å². The van der Waals surface area contributed by atoms with Crippen molar-refractivity contribution in [2.45, 2.75) is 31.7 Å². The van der Waals surface area contributed by atoms with Crippen LogP contribution in [0.2, 0.25) is 0 Å². The molecule has 0 saturated carbocycles. The Bertz CT molecular complexity index is 847. The number of sulfonamides is 1. The highest BCUT2D eigenvalue weighted by Gasteiger charge is 2.26. The molecule has 0 saturated heterocycles. The van der Waals surface area contributed by atoms with Gasteiger partial charge in [-0.3, -0.25) is 10.1 Å². The number of nitro groups is 1. The number of nitrogens with one attached hydrogen (secondary N) is 1. The second-order valence-corrected chi connectivity index (χ2v) is 7.09. The summed E-state index contributed by atoms with van der Waals surface area (Å²) < 4.78 is 27.5. The SMILES string of the molecule is Cc1ccc(C(C)NS(=O)(=O)c2ccccc2[N+](=O)[O-])cc1C. The maximum Gasteiger partial charge on any atom is 0.289 e. The van der Waals surface area contributed by atoms with E-state index >= 15 is 0 Å². The van der Waals surface area contributed by atoms with E-state index in [1.54, 1.807) is 6.92 Å². The fourth-order valence-corrected chi connectivity index (χ4v) is 3.64. The van der Waals surface area contributed by atoms with E-state index in [1.807, 2.05) is 32.0 Å². The Morgan fingerprint density at radius 1 is 1.09 bits per heavy atom. The van der Waals surface area contributed by atoms with Crippen LogP contribution in [0.3, 0.4) is 0 Å². The smallest absolute Gasteiger partial charge is 0.258 e. The third-order valence-electron chi connectivity index (χ3n) is 3.71. The molecular formula is C16H18N2O4S. The fraction of sp³-hybridized carbons (Fsp3) is 0.250. The van der Waals surface area contributed by atoms with Crippen LogP contribution in [-0.4, -0.2) is 13.3 Å². The van der Waals surface area contributed by atoms with Crippen LogP contribution in [0, 0.1) is 24.0 Å². The van der Waals surface area contributed by atoms with Crippen LogP contribution in [0.1, 0.15) is 29.7 Å². The zero-order chi connectivity index (χ0) is 17.2. The quantitative estimate of drug-likeness (QED) is 0.671. The van der Waals surface area contributed by atoms with Crippen molar-refractivity contribution in [3.05, 3.63) is 69.3 Å². The minimum absolute atomic E-state index is 0.333. The summed E-state index contributed by atoms with van der Waals surface area (Å²) in [5.74, 6) is 0. The molecule has 0 radical (unpaired) electrons. The summed E-state index contributed by atoms with van der Waals surface area (Å²) in [5.41, 5.74) is 2.53. The molecule has 0 aliphatic rings. The van der Waals surface area contributed by atoms with Gasteiger partial charge < -0.3 is 0 Å². The lowest BCUT2D eigenvalue weighted by atomic mass is 10.0. The van der Waals surface area contributed by atoms with E-state index in [4.69, 9.17) is 0 Å². The molecule has 122 valence electrons. The van der Waals surface area contributed by atoms with Gasteiger partial charge in [0.25, 0.3) is 5.69 Å². The van der Waals surface area contributed by atoms with Crippen molar-refractivity contribution in [2.75, 3.05) is 0 Å². The lowest BCUT2D eigenvalue weighted by Gasteiger charge is -2.16.